The van der Waals surface area contributed by atoms with Crippen LogP contribution in [0.4, 0.5) is 0 Å². The van der Waals surface area contributed by atoms with Gasteiger partial charge in [0.25, 0.3) is 0 Å². The fourth-order valence-electron chi connectivity index (χ4n) is 1.86. The number of hydrogen-bond donors (Lipinski definition) is 0. The SMILES string of the molecule is O=S(=O)(Cc1ccccc1)N(CCBr)C1CC1. The summed E-state index contributed by atoms with van der Waals surface area (Å²) in [4.78, 5) is 0. The molecule has 1 saturated carbocycles. The Labute approximate surface area is 111 Å². The molecule has 5 heteroatoms. The normalized spacial score (nSPS) is 16.4. The van der Waals surface area contributed by atoms with Gasteiger partial charge >= 0.3 is 0 Å². The lowest BCUT2D eigenvalue weighted by Gasteiger charge is -2.20. The minimum absolute atomic E-state index is 0.108. The summed E-state index contributed by atoms with van der Waals surface area (Å²) in [7, 11) is -3.17. The molecule has 0 heterocycles. The van der Waals surface area contributed by atoms with E-state index in [0.717, 1.165) is 18.4 Å². The summed E-state index contributed by atoms with van der Waals surface area (Å²) in [6, 6.07) is 9.59. The molecule has 3 nitrogen and oxygen atoms in total. The van der Waals surface area contributed by atoms with E-state index in [0.29, 0.717) is 11.9 Å². The first-order valence-electron chi connectivity index (χ1n) is 5.73. The van der Waals surface area contributed by atoms with Crippen LogP contribution < -0.4 is 0 Å². The molecule has 0 atom stereocenters. The van der Waals surface area contributed by atoms with Crippen molar-refractivity contribution in [1.82, 2.24) is 4.31 Å². The molecule has 1 fully saturated rings. The van der Waals surface area contributed by atoms with Crippen molar-refractivity contribution >= 4 is 26.0 Å². The molecule has 1 aromatic carbocycles. The molecule has 0 spiro atoms. The van der Waals surface area contributed by atoms with Crippen molar-refractivity contribution in [2.45, 2.75) is 24.6 Å². The van der Waals surface area contributed by atoms with E-state index in [1.165, 1.54) is 0 Å². The highest BCUT2D eigenvalue weighted by Gasteiger charge is 2.36. The van der Waals surface area contributed by atoms with Gasteiger partial charge in [0.1, 0.15) is 0 Å². The monoisotopic (exact) mass is 317 g/mol. The van der Waals surface area contributed by atoms with Crippen LogP contribution in [0.2, 0.25) is 0 Å². The average Bonchev–Trinajstić information content (AvgIpc) is 3.10. The van der Waals surface area contributed by atoms with E-state index in [9.17, 15) is 8.42 Å². The van der Waals surface area contributed by atoms with Crippen LogP contribution in [0.15, 0.2) is 30.3 Å². The molecule has 1 aliphatic carbocycles. The summed E-state index contributed by atoms with van der Waals surface area (Å²) in [5.41, 5.74) is 0.854. The molecule has 0 N–H and O–H groups in total. The van der Waals surface area contributed by atoms with E-state index >= 15 is 0 Å². The number of benzene rings is 1. The quantitative estimate of drug-likeness (QED) is 0.755. The Morgan fingerprint density at radius 3 is 2.41 bits per heavy atom. The molecule has 1 aliphatic rings. The maximum absolute atomic E-state index is 12.3. The highest BCUT2D eigenvalue weighted by Crippen LogP contribution is 2.30. The standard InChI is InChI=1S/C12H16BrNO2S/c13-8-9-14(12-6-7-12)17(15,16)10-11-4-2-1-3-5-11/h1-5,12H,6-10H2. The molecule has 17 heavy (non-hydrogen) atoms. The lowest BCUT2D eigenvalue weighted by Crippen LogP contribution is -2.35. The third kappa shape index (κ3) is 3.53. The first-order chi connectivity index (χ1) is 8.13. The second-order valence-corrected chi connectivity index (χ2v) is 6.99. The number of halogens is 1. The molecular formula is C12H16BrNO2S. The lowest BCUT2D eigenvalue weighted by molar-refractivity contribution is 0.423. The fourth-order valence-corrected chi connectivity index (χ4v) is 4.29. The number of rotatable bonds is 6. The van der Waals surface area contributed by atoms with E-state index < -0.39 is 10.0 Å². The second kappa shape index (κ2) is 5.50. The summed E-state index contributed by atoms with van der Waals surface area (Å²) < 4.78 is 26.2. The van der Waals surface area contributed by atoms with Crippen LogP contribution in [0, 0.1) is 0 Å². The van der Waals surface area contributed by atoms with Crippen LogP contribution in [0.1, 0.15) is 18.4 Å². The Kier molecular flexibility index (Phi) is 4.22. The summed E-state index contributed by atoms with van der Waals surface area (Å²) in [5.74, 6) is 0.108. The Morgan fingerprint density at radius 2 is 1.88 bits per heavy atom. The predicted octanol–water partition coefficient (Wildman–Crippen LogP) is 2.38. The van der Waals surface area contributed by atoms with Crippen molar-refractivity contribution in [1.29, 1.82) is 0 Å². The smallest absolute Gasteiger partial charge is 0.212 e. The van der Waals surface area contributed by atoms with Gasteiger partial charge in [0, 0.05) is 17.9 Å². The van der Waals surface area contributed by atoms with Gasteiger partial charge in [-0.25, -0.2) is 8.42 Å². The van der Waals surface area contributed by atoms with Crippen LogP contribution in [-0.4, -0.2) is 30.6 Å². The summed E-state index contributed by atoms with van der Waals surface area (Å²) in [5, 5.41) is 0.692. The van der Waals surface area contributed by atoms with Crippen LogP contribution in [0.5, 0.6) is 0 Å². The predicted molar refractivity (Wildman–Crippen MR) is 72.6 cm³/mol. The molecule has 1 aromatic rings. The average molecular weight is 318 g/mol. The minimum atomic E-state index is -3.17. The molecule has 2 rings (SSSR count). The van der Waals surface area contributed by atoms with Gasteiger partial charge in [-0.05, 0) is 18.4 Å². The molecule has 0 aromatic heterocycles. The first kappa shape index (κ1) is 13.1. The minimum Gasteiger partial charge on any atom is -0.212 e. The Morgan fingerprint density at radius 1 is 1.24 bits per heavy atom. The first-order valence-corrected chi connectivity index (χ1v) is 8.46. The molecule has 94 valence electrons. The van der Waals surface area contributed by atoms with Gasteiger partial charge in [-0.2, -0.15) is 4.31 Å². The molecule has 0 amide bonds. The summed E-state index contributed by atoms with van der Waals surface area (Å²) >= 11 is 3.32. The van der Waals surface area contributed by atoms with E-state index in [-0.39, 0.29) is 11.8 Å². The Hall–Kier alpha value is -0.390. The van der Waals surface area contributed by atoms with Crippen molar-refractivity contribution in [3.8, 4) is 0 Å². The third-order valence-electron chi connectivity index (χ3n) is 2.81. The van der Waals surface area contributed by atoms with Gasteiger partial charge in [-0.15, -0.1) is 0 Å². The van der Waals surface area contributed by atoms with Crippen LogP contribution in [0.3, 0.4) is 0 Å². The van der Waals surface area contributed by atoms with Crippen molar-refractivity contribution in [3.63, 3.8) is 0 Å². The van der Waals surface area contributed by atoms with Gasteiger partial charge in [-0.3, -0.25) is 0 Å². The van der Waals surface area contributed by atoms with Crippen LogP contribution >= 0.6 is 15.9 Å². The maximum atomic E-state index is 12.3. The summed E-state index contributed by atoms with van der Waals surface area (Å²) in [6.45, 7) is 0.569. The Balaban J connectivity index is 2.11. The third-order valence-corrected chi connectivity index (χ3v) is 5.06. The zero-order valence-corrected chi connectivity index (χ0v) is 12.0. The summed E-state index contributed by atoms with van der Waals surface area (Å²) in [6.07, 6.45) is 2.00. The van der Waals surface area contributed by atoms with Gasteiger partial charge in [0.2, 0.25) is 10.0 Å². The topological polar surface area (TPSA) is 37.4 Å². The van der Waals surface area contributed by atoms with Crippen LogP contribution in [-0.2, 0) is 15.8 Å². The Bertz CT molecular complexity index is 457. The second-order valence-electron chi connectivity index (χ2n) is 4.27. The zero-order chi connectivity index (χ0) is 12.3. The van der Waals surface area contributed by atoms with Crippen molar-refractivity contribution < 1.29 is 8.42 Å². The highest BCUT2D eigenvalue weighted by molar-refractivity contribution is 9.09. The molecule has 0 saturated heterocycles. The number of alkyl halides is 1. The molecule has 0 bridgehead atoms. The van der Waals surface area contributed by atoms with E-state index in [4.69, 9.17) is 0 Å². The number of nitrogens with zero attached hydrogens (tertiary/aromatic N) is 1. The number of hydrogen-bond acceptors (Lipinski definition) is 2. The maximum Gasteiger partial charge on any atom is 0.218 e. The van der Waals surface area contributed by atoms with E-state index in [1.807, 2.05) is 30.3 Å². The van der Waals surface area contributed by atoms with Crippen molar-refractivity contribution in [3.05, 3.63) is 35.9 Å². The molecular weight excluding hydrogens is 302 g/mol. The highest BCUT2D eigenvalue weighted by atomic mass is 79.9. The van der Waals surface area contributed by atoms with Gasteiger partial charge in [-0.1, -0.05) is 46.3 Å². The van der Waals surface area contributed by atoms with E-state index in [2.05, 4.69) is 15.9 Å². The van der Waals surface area contributed by atoms with Crippen molar-refractivity contribution in [2.24, 2.45) is 0 Å². The van der Waals surface area contributed by atoms with Gasteiger partial charge < -0.3 is 0 Å². The molecule has 0 radical (unpaired) electrons. The van der Waals surface area contributed by atoms with Gasteiger partial charge in [0.05, 0.1) is 5.75 Å². The van der Waals surface area contributed by atoms with Crippen LogP contribution in [0.25, 0.3) is 0 Å². The van der Waals surface area contributed by atoms with Crippen molar-refractivity contribution in [2.75, 3.05) is 11.9 Å². The molecule has 0 unspecified atom stereocenters. The van der Waals surface area contributed by atoms with E-state index in [1.54, 1.807) is 4.31 Å². The largest absolute Gasteiger partial charge is 0.218 e. The molecule has 0 aliphatic heterocycles. The lowest BCUT2D eigenvalue weighted by atomic mass is 10.2. The fraction of sp³-hybridized carbons (Fsp3) is 0.500. The zero-order valence-electron chi connectivity index (χ0n) is 9.55. The van der Waals surface area contributed by atoms with Gasteiger partial charge in [0.15, 0.2) is 0 Å². The number of sulfonamides is 1.